The second-order valence-electron chi connectivity index (χ2n) is 3.35. The Hall–Kier alpha value is 0.400. The first-order chi connectivity index (χ1) is 5.36. The Labute approximate surface area is 88.8 Å². The molecule has 3 heteroatoms. The van der Waals surface area contributed by atoms with Gasteiger partial charge in [-0.05, 0) is 6.42 Å². The van der Waals surface area contributed by atoms with Crippen molar-refractivity contribution in [2.75, 3.05) is 14.2 Å². The van der Waals surface area contributed by atoms with Crippen LogP contribution in [0.2, 0.25) is 0 Å². The molecular weight excluding hydrogens is 337 g/mol. The number of fused-ring (bicyclic) bond motifs is 2. The summed E-state index contributed by atoms with van der Waals surface area (Å²) in [5.41, 5.74) is 0. The summed E-state index contributed by atoms with van der Waals surface area (Å²) >= 11 is 0. The first kappa shape index (κ1) is 10.5. The summed E-state index contributed by atoms with van der Waals surface area (Å²) in [6.45, 7) is 0. The third-order valence-corrected chi connectivity index (χ3v) is 2.86. The van der Waals surface area contributed by atoms with Gasteiger partial charge in [0, 0.05) is 48.4 Å². The van der Waals surface area contributed by atoms with E-state index in [-0.39, 0.29) is 22.4 Å². The fourth-order valence-corrected chi connectivity index (χ4v) is 2.35. The van der Waals surface area contributed by atoms with Crippen LogP contribution in [-0.4, -0.2) is 26.4 Å². The summed E-state index contributed by atoms with van der Waals surface area (Å²) in [6, 6.07) is 0. The second-order valence-corrected chi connectivity index (χ2v) is 3.35. The van der Waals surface area contributed by atoms with Crippen LogP contribution in [0.3, 0.4) is 0 Å². The van der Waals surface area contributed by atoms with Gasteiger partial charge >= 0.3 is 0 Å². The maximum Gasteiger partial charge on any atom is 0.0901 e. The summed E-state index contributed by atoms with van der Waals surface area (Å²) in [5, 5.41) is 0. The number of hydrogen-bond acceptors (Lipinski definition) is 2. The van der Waals surface area contributed by atoms with Crippen LogP contribution < -0.4 is 0 Å². The fraction of sp³-hybridized carbons (Fsp3) is 0.778. The van der Waals surface area contributed by atoms with Crippen molar-refractivity contribution in [3.63, 3.8) is 0 Å². The number of hydrogen-bond donors (Lipinski definition) is 0. The van der Waals surface area contributed by atoms with Gasteiger partial charge in [-0.25, -0.2) is 0 Å². The Morgan fingerprint density at radius 2 is 1.42 bits per heavy atom. The van der Waals surface area contributed by atoms with E-state index >= 15 is 0 Å². The molecule has 1 radical (unpaired) electrons. The molecule has 73 valence electrons. The van der Waals surface area contributed by atoms with E-state index in [4.69, 9.17) is 9.47 Å². The molecule has 2 aliphatic rings. The molecule has 2 rings (SSSR count). The first-order valence-corrected chi connectivity index (χ1v) is 4.10. The van der Waals surface area contributed by atoms with Crippen LogP contribution in [0.1, 0.15) is 6.42 Å². The van der Waals surface area contributed by atoms with Gasteiger partial charge in [-0.1, -0.05) is 12.2 Å². The average molecular weight is 351 g/mol. The zero-order valence-electron chi connectivity index (χ0n) is 7.29. The van der Waals surface area contributed by atoms with E-state index in [1.807, 2.05) is 0 Å². The minimum Gasteiger partial charge on any atom is -0.378 e. The fourth-order valence-electron chi connectivity index (χ4n) is 2.35. The number of rotatable bonds is 2. The summed E-state index contributed by atoms with van der Waals surface area (Å²) in [5.74, 6) is 1.21. The molecule has 0 N–H and O–H groups in total. The monoisotopic (exact) mass is 351 g/mol. The van der Waals surface area contributed by atoms with Gasteiger partial charge < -0.3 is 9.47 Å². The van der Waals surface area contributed by atoms with Crippen LogP contribution in [0.15, 0.2) is 12.2 Å². The zero-order valence-corrected chi connectivity index (χ0v) is 9.46. The van der Waals surface area contributed by atoms with Crippen LogP contribution in [0.25, 0.3) is 0 Å². The van der Waals surface area contributed by atoms with Crippen LogP contribution in [0.4, 0.5) is 0 Å². The Morgan fingerprint density at radius 3 is 1.75 bits per heavy atom. The Balaban J connectivity index is 0.000000720. The van der Waals surface area contributed by atoms with Crippen molar-refractivity contribution in [3.05, 3.63) is 12.2 Å². The minimum absolute atomic E-state index is 0. The molecule has 1 fully saturated rings. The van der Waals surface area contributed by atoms with Crippen LogP contribution in [0.5, 0.6) is 0 Å². The van der Waals surface area contributed by atoms with Crippen molar-refractivity contribution >= 4 is 0 Å². The Kier molecular flexibility index (Phi) is 3.56. The van der Waals surface area contributed by atoms with Crippen molar-refractivity contribution in [2.45, 2.75) is 18.6 Å². The topological polar surface area (TPSA) is 18.5 Å². The predicted molar refractivity (Wildman–Crippen MR) is 42.3 cm³/mol. The van der Waals surface area contributed by atoms with E-state index in [2.05, 4.69) is 12.2 Å². The average Bonchev–Trinajstić information content (AvgIpc) is 2.60. The molecule has 0 aromatic carbocycles. The molecule has 4 atom stereocenters. The largest absolute Gasteiger partial charge is 0.378 e. The van der Waals surface area contributed by atoms with E-state index in [0.29, 0.717) is 24.0 Å². The third-order valence-electron chi connectivity index (χ3n) is 2.86. The van der Waals surface area contributed by atoms with Crippen LogP contribution >= 0.6 is 0 Å². The van der Waals surface area contributed by atoms with Gasteiger partial charge in [-0.2, -0.15) is 0 Å². The van der Waals surface area contributed by atoms with Crippen molar-refractivity contribution in [3.8, 4) is 0 Å². The van der Waals surface area contributed by atoms with Gasteiger partial charge in [-0.15, -0.1) is 0 Å². The van der Waals surface area contributed by atoms with Gasteiger partial charge in [0.2, 0.25) is 0 Å². The van der Waals surface area contributed by atoms with E-state index in [1.54, 1.807) is 14.2 Å². The number of methoxy groups -OCH3 is 2. The molecule has 0 aliphatic heterocycles. The molecule has 2 nitrogen and oxygen atoms in total. The van der Waals surface area contributed by atoms with Crippen molar-refractivity contribution in [1.29, 1.82) is 0 Å². The van der Waals surface area contributed by atoms with E-state index in [0.717, 1.165) is 0 Å². The zero-order chi connectivity index (χ0) is 7.84. The summed E-state index contributed by atoms with van der Waals surface area (Å²) in [6.07, 6.45) is 6.34. The van der Waals surface area contributed by atoms with Gasteiger partial charge in [0.25, 0.3) is 0 Å². The quantitative estimate of drug-likeness (QED) is 0.550. The first-order valence-electron chi connectivity index (χ1n) is 4.10. The molecule has 0 spiro atoms. The smallest absolute Gasteiger partial charge is 0.0901 e. The molecule has 0 aromatic rings. The van der Waals surface area contributed by atoms with E-state index in [9.17, 15) is 0 Å². The SMILES string of the molecule is COC1C2C=CC(C2)C1OC.[Au]. The molecule has 1 saturated carbocycles. The van der Waals surface area contributed by atoms with Gasteiger partial charge in [0.1, 0.15) is 0 Å². The number of ether oxygens (including phenoxy) is 2. The molecule has 2 bridgehead atoms. The molecule has 12 heavy (non-hydrogen) atoms. The predicted octanol–water partition coefficient (Wildman–Crippen LogP) is 1.22. The standard InChI is InChI=1S/C9H14O2.Au/c1-10-8-6-3-4-7(5-6)9(8)11-2;/h3-4,6-9H,5H2,1-2H3;. The molecule has 0 saturated heterocycles. The Bertz CT molecular complexity index is 163. The summed E-state index contributed by atoms with van der Waals surface area (Å²) in [4.78, 5) is 0. The summed E-state index contributed by atoms with van der Waals surface area (Å²) in [7, 11) is 3.54. The van der Waals surface area contributed by atoms with Gasteiger partial charge in [0.15, 0.2) is 0 Å². The third kappa shape index (κ3) is 1.42. The normalized spacial score (nSPS) is 43.2. The second kappa shape index (κ2) is 4.07. The van der Waals surface area contributed by atoms with Crippen LogP contribution in [0, 0.1) is 11.8 Å². The molecule has 2 aliphatic carbocycles. The summed E-state index contributed by atoms with van der Waals surface area (Å²) < 4.78 is 10.7. The van der Waals surface area contributed by atoms with Crippen molar-refractivity contribution in [1.82, 2.24) is 0 Å². The molecule has 4 unspecified atom stereocenters. The molecule has 0 heterocycles. The van der Waals surface area contributed by atoms with Gasteiger partial charge in [-0.3, -0.25) is 0 Å². The molecular formula is C9H14AuO2. The van der Waals surface area contributed by atoms with Crippen molar-refractivity contribution < 1.29 is 31.9 Å². The van der Waals surface area contributed by atoms with Crippen LogP contribution in [-0.2, 0) is 31.9 Å². The maximum absolute atomic E-state index is 5.37. The Morgan fingerprint density at radius 1 is 1.00 bits per heavy atom. The van der Waals surface area contributed by atoms with E-state index < -0.39 is 0 Å². The maximum atomic E-state index is 5.37. The molecule has 0 amide bonds. The minimum atomic E-state index is 0. The van der Waals surface area contributed by atoms with Gasteiger partial charge in [0.05, 0.1) is 12.2 Å². The van der Waals surface area contributed by atoms with E-state index in [1.165, 1.54) is 6.42 Å². The van der Waals surface area contributed by atoms with Crippen molar-refractivity contribution in [2.24, 2.45) is 11.8 Å². The molecule has 0 aromatic heterocycles.